The highest BCUT2D eigenvalue weighted by Gasteiger charge is 2.55. The molecule has 0 saturated carbocycles. The lowest BCUT2D eigenvalue weighted by Crippen LogP contribution is -2.68. The average molecular weight is 581 g/mol. The number of carbonyl (C=O) groups excluding carboxylic acids is 2. The van der Waals surface area contributed by atoms with Crippen molar-refractivity contribution in [1.82, 2.24) is 10.6 Å². The number of amides is 2. The summed E-state index contributed by atoms with van der Waals surface area (Å²) in [7, 11) is 0. The Kier molecular flexibility index (Phi) is 11.5. The first kappa shape index (κ1) is 31.6. The number of hydrogen-bond acceptors (Lipinski definition) is 10. The van der Waals surface area contributed by atoms with E-state index in [-0.39, 0.29) is 12.2 Å². The van der Waals surface area contributed by atoms with Crippen LogP contribution in [0.4, 0.5) is 0 Å². The molecule has 2 amide bonds. The maximum absolute atomic E-state index is 12.6. The molecule has 1 aliphatic rings. The molecule has 6 N–H and O–H groups in total. The first-order valence-corrected chi connectivity index (χ1v) is 14.1. The molecule has 1 aliphatic heterocycles. The van der Waals surface area contributed by atoms with Crippen LogP contribution in [0.15, 0.2) is 47.1 Å². The van der Waals surface area contributed by atoms with Gasteiger partial charge in [0.25, 0.3) is 11.7 Å². The highest BCUT2D eigenvalue weighted by atomic mass is 32.2. The minimum absolute atomic E-state index is 0.0109. The number of aliphatic hydroxyl groups excluding tert-OH is 3. The Morgan fingerprint density at radius 1 is 1.20 bits per heavy atom. The third-order valence-electron chi connectivity index (χ3n) is 6.40. The number of benzene rings is 1. The second-order valence-corrected chi connectivity index (χ2v) is 10.8. The van der Waals surface area contributed by atoms with Gasteiger partial charge in [0.05, 0.1) is 31.1 Å². The number of aliphatic carboxylic acids is 1. The van der Waals surface area contributed by atoms with Crippen LogP contribution in [0, 0.1) is 0 Å². The summed E-state index contributed by atoms with van der Waals surface area (Å²) in [5, 5.41) is 47.4. The topological polar surface area (TPSA) is 188 Å². The normalized spacial score (nSPS) is 24.2. The maximum Gasteiger partial charge on any atom is 0.364 e. The van der Waals surface area contributed by atoms with Crippen molar-refractivity contribution in [2.24, 2.45) is 0 Å². The number of hydrogen-bond donors (Lipinski definition) is 6. The lowest BCUT2D eigenvalue weighted by atomic mass is 9.88. The molecule has 0 bridgehead atoms. The first-order valence-electron chi connectivity index (χ1n) is 12.9. The van der Waals surface area contributed by atoms with Crippen molar-refractivity contribution in [1.29, 1.82) is 0 Å². The molecule has 6 atom stereocenters. The van der Waals surface area contributed by atoms with Crippen LogP contribution in [0.3, 0.4) is 0 Å². The molecular formula is C27H36N2O10S. The van der Waals surface area contributed by atoms with E-state index in [9.17, 15) is 34.8 Å². The Hall–Kier alpha value is -2.94. The zero-order valence-electron chi connectivity index (χ0n) is 22.3. The molecule has 2 aromatic rings. The van der Waals surface area contributed by atoms with Crippen molar-refractivity contribution in [2.45, 2.75) is 62.9 Å². The molecule has 3 rings (SSSR count). The predicted molar refractivity (Wildman–Crippen MR) is 146 cm³/mol. The molecule has 2 unspecified atom stereocenters. The first-order chi connectivity index (χ1) is 19.1. The van der Waals surface area contributed by atoms with Crippen LogP contribution in [0.2, 0.25) is 0 Å². The van der Waals surface area contributed by atoms with Crippen LogP contribution in [0.25, 0.3) is 11.3 Å². The fourth-order valence-electron chi connectivity index (χ4n) is 4.36. The van der Waals surface area contributed by atoms with Gasteiger partial charge in [-0.1, -0.05) is 19.1 Å². The Labute approximate surface area is 236 Å². The number of ether oxygens (including phenoxy) is 2. The van der Waals surface area contributed by atoms with Crippen LogP contribution in [0.5, 0.6) is 0 Å². The van der Waals surface area contributed by atoms with E-state index in [0.717, 1.165) is 17.1 Å². The zero-order valence-corrected chi connectivity index (χ0v) is 23.1. The van der Waals surface area contributed by atoms with E-state index in [2.05, 4.69) is 10.6 Å². The SMILES string of the molecule is CCSCCCO[C@]1(C(=O)O)CC(O)[C@@H](NC(C)=O)C([C@H](O)[C@H](O)CNC(=O)c2ccc(-c3ccco3)cc2)O1. The molecule has 12 nitrogen and oxygen atoms in total. The molecule has 1 saturated heterocycles. The van der Waals surface area contributed by atoms with Crippen LogP contribution < -0.4 is 10.6 Å². The van der Waals surface area contributed by atoms with Crippen LogP contribution >= 0.6 is 11.8 Å². The summed E-state index contributed by atoms with van der Waals surface area (Å²) in [5.41, 5.74) is 1.05. The molecule has 1 aromatic heterocycles. The summed E-state index contributed by atoms with van der Waals surface area (Å²) in [5.74, 6) is -2.69. The number of rotatable bonds is 14. The molecule has 0 aliphatic carbocycles. The summed E-state index contributed by atoms with van der Waals surface area (Å²) in [6, 6.07) is 8.80. The van der Waals surface area contributed by atoms with Crippen molar-refractivity contribution < 1.29 is 48.7 Å². The number of aliphatic hydroxyl groups is 3. The smallest absolute Gasteiger partial charge is 0.364 e. The van der Waals surface area contributed by atoms with E-state index in [1.54, 1.807) is 48.2 Å². The minimum atomic E-state index is -2.31. The van der Waals surface area contributed by atoms with Crippen LogP contribution in [-0.2, 0) is 19.1 Å². The maximum atomic E-state index is 12.6. The molecule has 1 aromatic carbocycles. The lowest BCUT2D eigenvalue weighted by Gasteiger charge is -2.46. The van der Waals surface area contributed by atoms with E-state index >= 15 is 0 Å². The van der Waals surface area contributed by atoms with Gasteiger partial charge in [-0.05, 0) is 42.2 Å². The fraction of sp³-hybridized carbons (Fsp3) is 0.519. The molecule has 0 spiro atoms. The van der Waals surface area contributed by atoms with E-state index in [1.807, 2.05) is 6.92 Å². The van der Waals surface area contributed by atoms with Gasteiger partial charge in [-0.3, -0.25) is 9.59 Å². The van der Waals surface area contributed by atoms with E-state index in [0.29, 0.717) is 12.2 Å². The average Bonchev–Trinajstić information content (AvgIpc) is 3.47. The standard InChI is InChI=1S/C27H36N2O10S/c1-3-40-13-5-12-38-27(26(35)36)14-19(31)22(29-16(2)30)24(39-27)23(33)20(32)15-28-25(34)18-9-7-17(8-10-18)21-6-4-11-37-21/h4,6-11,19-20,22-24,31-33H,3,5,12-15H2,1-2H3,(H,28,34)(H,29,30)(H,35,36)/t19?,20-,22-,23-,24?,27-/m1/s1. The van der Waals surface area contributed by atoms with Gasteiger partial charge in [0.1, 0.15) is 18.0 Å². The van der Waals surface area contributed by atoms with Crippen molar-refractivity contribution in [2.75, 3.05) is 24.7 Å². The van der Waals surface area contributed by atoms with Gasteiger partial charge < -0.3 is 45.0 Å². The van der Waals surface area contributed by atoms with E-state index in [1.165, 1.54) is 13.2 Å². The van der Waals surface area contributed by atoms with Gasteiger partial charge in [0.2, 0.25) is 5.91 Å². The number of nitrogens with one attached hydrogen (secondary N) is 2. The van der Waals surface area contributed by atoms with Gasteiger partial charge in [-0.2, -0.15) is 11.8 Å². The fourth-order valence-corrected chi connectivity index (χ4v) is 4.97. The summed E-state index contributed by atoms with van der Waals surface area (Å²) in [4.78, 5) is 36.7. The highest BCUT2D eigenvalue weighted by molar-refractivity contribution is 7.99. The Bertz CT molecular complexity index is 1110. The van der Waals surface area contributed by atoms with Gasteiger partial charge in [0, 0.05) is 31.0 Å². The minimum Gasteiger partial charge on any atom is -0.477 e. The van der Waals surface area contributed by atoms with Gasteiger partial charge in [-0.15, -0.1) is 0 Å². The van der Waals surface area contributed by atoms with E-state index in [4.69, 9.17) is 13.9 Å². The number of carboxylic acids is 1. The number of carbonyl (C=O) groups is 3. The van der Waals surface area contributed by atoms with Gasteiger partial charge >= 0.3 is 5.97 Å². The summed E-state index contributed by atoms with van der Waals surface area (Å²) < 4.78 is 16.6. The van der Waals surface area contributed by atoms with Crippen molar-refractivity contribution in [3.63, 3.8) is 0 Å². The third kappa shape index (κ3) is 8.05. The second-order valence-electron chi connectivity index (χ2n) is 9.36. The summed E-state index contributed by atoms with van der Waals surface area (Å²) >= 11 is 1.65. The Balaban J connectivity index is 1.69. The quantitative estimate of drug-likeness (QED) is 0.175. The molecule has 1 fully saturated rings. The lowest BCUT2D eigenvalue weighted by molar-refractivity contribution is -0.310. The molecule has 220 valence electrons. The van der Waals surface area contributed by atoms with Crippen LogP contribution in [0.1, 0.15) is 37.0 Å². The highest BCUT2D eigenvalue weighted by Crippen LogP contribution is 2.34. The summed E-state index contributed by atoms with van der Waals surface area (Å²) in [6.45, 7) is 2.75. The summed E-state index contributed by atoms with van der Waals surface area (Å²) in [6.07, 6.45) is -4.98. The Morgan fingerprint density at radius 3 is 2.52 bits per heavy atom. The number of carboxylic acid groups (broad SMARTS) is 1. The Morgan fingerprint density at radius 2 is 1.93 bits per heavy atom. The third-order valence-corrected chi connectivity index (χ3v) is 7.38. The van der Waals surface area contributed by atoms with E-state index < -0.39 is 67.0 Å². The van der Waals surface area contributed by atoms with Crippen molar-refractivity contribution >= 4 is 29.5 Å². The molecule has 40 heavy (non-hydrogen) atoms. The molecule has 13 heteroatoms. The second kappa shape index (κ2) is 14.6. The zero-order chi connectivity index (χ0) is 29.3. The predicted octanol–water partition coefficient (Wildman–Crippen LogP) is 0.993. The van der Waals surface area contributed by atoms with Gasteiger partial charge in [-0.25, -0.2) is 4.79 Å². The number of thioether (sulfide) groups is 1. The molecular weight excluding hydrogens is 544 g/mol. The largest absolute Gasteiger partial charge is 0.477 e. The number of furan rings is 1. The molecule has 2 heterocycles. The van der Waals surface area contributed by atoms with Crippen molar-refractivity contribution in [3.8, 4) is 11.3 Å². The van der Waals surface area contributed by atoms with Gasteiger partial charge in [0.15, 0.2) is 0 Å². The monoisotopic (exact) mass is 580 g/mol. The molecule has 0 radical (unpaired) electrons. The van der Waals surface area contributed by atoms with Crippen LogP contribution in [-0.4, -0.2) is 99.1 Å². The van der Waals surface area contributed by atoms with Crippen molar-refractivity contribution in [3.05, 3.63) is 48.2 Å².